The quantitative estimate of drug-likeness (QED) is 0.818. The molecule has 0 saturated carbocycles. The molecule has 1 nitrogen and oxygen atoms in total. The molecule has 0 spiro atoms. The zero-order valence-electron chi connectivity index (χ0n) is 8.56. The highest BCUT2D eigenvalue weighted by Gasteiger charge is 2.03. The van der Waals surface area contributed by atoms with Gasteiger partial charge in [-0.2, -0.15) is 0 Å². The molecular weight excluding hydrogens is 240 g/mol. The second-order valence-corrected chi connectivity index (χ2v) is 4.77. The highest BCUT2D eigenvalue weighted by atomic mass is 35.5. The maximum atomic E-state index is 9.60. The van der Waals surface area contributed by atoms with Crippen LogP contribution in [0.15, 0.2) is 53.4 Å². The fourth-order valence-corrected chi connectivity index (χ4v) is 2.59. The van der Waals surface area contributed by atoms with Gasteiger partial charge in [-0.3, -0.25) is 0 Å². The van der Waals surface area contributed by atoms with Crippen LogP contribution in [-0.4, -0.2) is 5.11 Å². The molecule has 0 aliphatic heterocycles. The van der Waals surface area contributed by atoms with Crippen molar-refractivity contribution in [3.63, 3.8) is 0 Å². The molecule has 0 amide bonds. The lowest BCUT2D eigenvalue weighted by Gasteiger charge is -2.05. The van der Waals surface area contributed by atoms with Gasteiger partial charge in [-0.15, -0.1) is 11.8 Å². The van der Waals surface area contributed by atoms with Crippen LogP contribution in [-0.2, 0) is 5.75 Å². The number of phenols is 1. The molecule has 1 N–H and O–H groups in total. The Morgan fingerprint density at radius 2 is 1.69 bits per heavy atom. The average molecular weight is 251 g/mol. The van der Waals surface area contributed by atoms with Gasteiger partial charge < -0.3 is 5.11 Å². The van der Waals surface area contributed by atoms with Crippen molar-refractivity contribution in [3.8, 4) is 5.75 Å². The van der Waals surface area contributed by atoms with Crippen LogP contribution in [0.2, 0.25) is 5.02 Å². The molecular formula is C13H11ClOS. The number of para-hydroxylation sites is 1. The Morgan fingerprint density at radius 3 is 2.44 bits per heavy atom. The number of aromatic hydroxyl groups is 1. The monoisotopic (exact) mass is 250 g/mol. The first-order valence-electron chi connectivity index (χ1n) is 4.91. The van der Waals surface area contributed by atoms with Crippen LogP contribution < -0.4 is 0 Å². The number of benzene rings is 2. The lowest BCUT2D eigenvalue weighted by molar-refractivity contribution is 0.462. The number of phenolic OH excluding ortho intramolecular Hbond substituents is 1. The fraction of sp³-hybridized carbons (Fsp3) is 0.0769. The third-order valence-corrected chi connectivity index (χ3v) is 3.69. The Kier molecular flexibility index (Phi) is 3.75. The summed E-state index contributed by atoms with van der Waals surface area (Å²) in [5.41, 5.74) is 1.08. The Labute approximate surface area is 104 Å². The Balaban J connectivity index is 2.09. The first-order chi connectivity index (χ1) is 7.77. The Bertz CT molecular complexity index is 439. The topological polar surface area (TPSA) is 20.2 Å². The molecule has 3 heteroatoms. The van der Waals surface area contributed by atoms with E-state index >= 15 is 0 Å². The molecule has 0 saturated heterocycles. The summed E-state index contributed by atoms with van der Waals surface area (Å²) in [7, 11) is 0. The van der Waals surface area contributed by atoms with Crippen LogP contribution in [0.3, 0.4) is 0 Å². The summed E-state index contributed by atoms with van der Waals surface area (Å²) in [4.78, 5) is 0.877. The van der Waals surface area contributed by atoms with Gasteiger partial charge in [0.2, 0.25) is 0 Å². The molecule has 0 aliphatic rings. The summed E-state index contributed by atoms with van der Waals surface area (Å²) in [5, 5.41) is 10.4. The standard InChI is InChI=1S/C13H11ClOS/c14-11-6-2-1-5-10(11)9-16-13-8-4-3-7-12(13)15/h1-8,15H,9H2. The van der Waals surface area contributed by atoms with E-state index in [0.29, 0.717) is 5.75 Å². The molecule has 2 rings (SSSR count). The van der Waals surface area contributed by atoms with Gasteiger partial charge in [-0.25, -0.2) is 0 Å². The summed E-state index contributed by atoms with van der Waals surface area (Å²) < 4.78 is 0. The summed E-state index contributed by atoms with van der Waals surface area (Å²) in [6, 6.07) is 15.1. The van der Waals surface area contributed by atoms with E-state index in [1.807, 2.05) is 42.5 Å². The molecule has 2 aromatic rings. The molecule has 2 aromatic carbocycles. The van der Waals surface area contributed by atoms with E-state index in [0.717, 1.165) is 21.2 Å². The molecule has 0 aromatic heterocycles. The molecule has 0 heterocycles. The summed E-state index contributed by atoms with van der Waals surface area (Å²) in [6.07, 6.45) is 0. The smallest absolute Gasteiger partial charge is 0.129 e. The van der Waals surface area contributed by atoms with Crippen LogP contribution in [0.25, 0.3) is 0 Å². The normalized spacial score (nSPS) is 10.3. The van der Waals surface area contributed by atoms with Gasteiger partial charge in [-0.05, 0) is 23.8 Å². The number of halogens is 1. The van der Waals surface area contributed by atoms with Crippen molar-refractivity contribution in [2.75, 3.05) is 0 Å². The van der Waals surface area contributed by atoms with E-state index < -0.39 is 0 Å². The number of hydrogen-bond donors (Lipinski definition) is 1. The molecule has 0 bridgehead atoms. The Morgan fingerprint density at radius 1 is 1.00 bits per heavy atom. The van der Waals surface area contributed by atoms with Crippen LogP contribution >= 0.6 is 23.4 Å². The van der Waals surface area contributed by atoms with Crippen LogP contribution in [0.5, 0.6) is 5.75 Å². The van der Waals surface area contributed by atoms with Gasteiger partial charge in [0, 0.05) is 15.7 Å². The molecule has 82 valence electrons. The van der Waals surface area contributed by atoms with Crippen molar-refractivity contribution in [2.24, 2.45) is 0 Å². The fourth-order valence-electron chi connectivity index (χ4n) is 1.35. The zero-order chi connectivity index (χ0) is 11.4. The van der Waals surface area contributed by atoms with Crippen molar-refractivity contribution in [1.82, 2.24) is 0 Å². The number of hydrogen-bond acceptors (Lipinski definition) is 2. The van der Waals surface area contributed by atoms with Crippen LogP contribution in [0, 0.1) is 0 Å². The predicted molar refractivity (Wildman–Crippen MR) is 69.1 cm³/mol. The second kappa shape index (κ2) is 5.28. The molecule has 0 aliphatic carbocycles. The minimum absolute atomic E-state index is 0.319. The van der Waals surface area contributed by atoms with Crippen molar-refractivity contribution >= 4 is 23.4 Å². The number of rotatable bonds is 3. The Hall–Kier alpha value is -1.12. The average Bonchev–Trinajstić information content (AvgIpc) is 2.30. The summed E-state index contributed by atoms with van der Waals surface area (Å²) in [5.74, 6) is 1.08. The van der Waals surface area contributed by atoms with Crippen molar-refractivity contribution in [3.05, 3.63) is 59.1 Å². The zero-order valence-corrected chi connectivity index (χ0v) is 10.1. The minimum Gasteiger partial charge on any atom is -0.507 e. The SMILES string of the molecule is Oc1ccccc1SCc1ccccc1Cl. The van der Waals surface area contributed by atoms with Gasteiger partial charge in [0.1, 0.15) is 5.75 Å². The predicted octanol–water partition coefficient (Wildman–Crippen LogP) is 4.34. The van der Waals surface area contributed by atoms with Gasteiger partial charge in [0.25, 0.3) is 0 Å². The van der Waals surface area contributed by atoms with Crippen molar-refractivity contribution in [2.45, 2.75) is 10.6 Å². The van der Waals surface area contributed by atoms with Gasteiger partial charge >= 0.3 is 0 Å². The van der Waals surface area contributed by atoms with E-state index in [9.17, 15) is 5.11 Å². The van der Waals surface area contributed by atoms with Crippen molar-refractivity contribution in [1.29, 1.82) is 0 Å². The van der Waals surface area contributed by atoms with Gasteiger partial charge in [0.05, 0.1) is 0 Å². The number of thioether (sulfide) groups is 1. The van der Waals surface area contributed by atoms with E-state index in [2.05, 4.69) is 0 Å². The second-order valence-electron chi connectivity index (χ2n) is 3.35. The molecule has 0 atom stereocenters. The maximum absolute atomic E-state index is 9.60. The minimum atomic E-state index is 0.319. The van der Waals surface area contributed by atoms with Gasteiger partial charge in [-0.1, -0.05) is 41.9 Å². The molecule has 16 heavy (non-hydrogen) atoms. The third kappa shape index (κ3) is 2.71. The third-order valence-electron chi connectivity index (χ3n) is 2.21. The van der Waals surface area contributed by atoms with E-state index in [1.54, 1.807) is 17.8 Å². The molecule has 0 fully saturated rings. The maximum Gasteiger partial charge on any atom is 0.129 e. The van der Waals surface area contributed by atoms with Crippen LogP contribution in [0.1, 0.15) is 5.56 Å². The van der Waals surface area contributed by atoms with E-state index in [-0.39, 0.29) is 0 Å². The largest absolute Gasteiger partial charge is 0.507 e. The highest BCUT2D eigenvalue weighted by Crippen LogP contribution is 2.31. The summed E-state index contributed by atoms with van der Waals surface area (Å²) in [6.45, 7) is 0. The van der Waals surface area contributed by atoms with Gasteiger partial charge in [0.15, 0.2) is 0 Å². The summed E-state index contributed by atoms with van der Waals surface area (Å²) >= 11 is 7.63. The highest BCUT2D eigenvalue weighted by molar-refractivity contribution is 7.98. The lowest BCUT2D eigenvalue weighted by atomic mass is 10.2. The van der Waals surface area contributed by atoms with Crippen molar-refractivity contribution < 1.29 is 5.11 Å². The first kappa shape index (κ1) is 11.4. The first-order valence-corrected chi connectivity index (χ1v) is 6.28. The van der Waals surface area contributed by atoms with E-state index in [4.69, 9.17) is 11.6 Å². The van der Waals surface area contributed by atoms with Crippen LogP contribution in [0.4, 0.5) is 0 Å². The molecule has 0 radical (unpaired) electrons. The molecule has 0 unspecified atom stereocenters. The van der Waals surface area contributed by atoms with E-state index in [1.165, 1.54) is 0 Å². The lowest BCUT2D eigenvalue weighted by Crippen LogP contribution is -1.82.